The van der Waals surface area contributed by atoms with E-state index < -0.39 is 25.3 Å². The van der Waals surface area contributed by atoms with Crippen LogP contribution in [0.5, 0.6) is 11.5 Å². The Hall–Kier alpha value is -1.25. The molecule has 1 N–H and O–H groups in total. The van der Waals surface area contributed by atoms with Crippen molar-refractivity contribution in [3.8, 4) is 11.5 Å². The first-order valence-corrected chi connectivity index (χ1v) is 8.35. The Morgan fingerprint density at radius 3 is 2.84 bits per heavy atom. The second-order valence-electron chi connectivity index (χ2n) is 5.26. The fourth-order valence-corrected chi connectivity index (χ4v) is 3.49. The molecule has 2 aromatic heterocycles. The fourth-order valence-electron chi connectivity index (χ4n) is 2.39. The van der Waals surface area contributed by atoms with E-state index in [1.54, 1.807) is 19.9 Å². The summed E-state index contributed by atoms with van der Waals surface area (Å²) in [4.78, 5) is 11.5. The van der Waals surface area contributed by atoms with E-state index in [0.29, 0.717) is 27.9 Å². The van der Waals surface area contributed by atoms with Crippen molar-refractivity contribution in [3.05, 3.63) is 41.2 Å². The summed E-state index contributed by atoms with van der Waals surface area (Å²) in [6.07, 6.45) is 1.47. The topological polar surface area (TPSA) is 83.1 Å². The van der Waals surface area contributed by atoms with Crippen molar-refractivity contribution in [1.82, 2.24) is 15.0 Å². The van der Waals surface area contributed by atoms with Gasteiger partial charge in [0.1, 0.15) is 11.5 Å². The number of nitrogens with one attached hydrogen (secondary N) is 1. The number of aromatic amines is 1. The average molecular weight is 375 g/mol. The molecule has 0 saturated carbocycles. The van der Waals surface area contributed by atoms with Gasteiger partial charge in [0.05, 0.1) is 39.0 Å². The van der Waals surface area contributed by atoms with Crippen LogP contribution in [-0.4, -0.2) is 63.1 Å². The van der Waals surface area contributed by atoms with E-state index in [1.807, 2.05) is 0 Å². The van der Waals surface area contributed by atoms with Gasteiger partial charge in [0.2, 0.25) is 0 Å². The molecule has 1 atom stereocenters. The monoisotopic (exact) mass is 375 g/mol. The minimum atomic E-state index is -2.61. The molecular formula is C17H20N3NaO3S. The number of methoxy groups -OCH3 is 2. The number of aromatic nitrogens is 3. The Kier molecular flexibility index (Phi) is 4.38. The number of aryl methyl sites for hydroxylation is 1. The van der Waals surface area contributed by atoms with Gasteiger partial charge in [0.15, 0.2) is 5.75 Å². The van der Waals surface area contributed by atoms with E-state index in [2.05, 4.69) is 15.0 Å². The van der Waals surface area contributed by atoms with Gasteiger partial charge >= 0.3 is 34.7 Å². The second-order valence-corrected chi connectivity index (χ2v) is 6.62. The fraction of sp³-hybridized carbons (Fsp3) is 0.294. The van der Waals surface area contributed by atoms with Crippen LogP contribution in [0.3, 0.4) is 0 Å². The molecule has 0 amide bonds. The van der Waals surface area contributed by atoms with Crippen LogP contribution in [0.4, 0.5) is 0 Å². The third-order valence-electron chi connectivity index (χ3n) is 3.68. The summed E-state index contributed by atoms with van der Waals surface area (Å²) in [6, 6.07) is 4.50. The Balaban J connectivity index is 0.00000341. The molecule has 2 heterocycles. The Morgan fingerprint density at radius 2 is 2.08 bits per heavy atom. The average Bonchev–Trinajstić information content (AvgIpc) is 3.02. The first kappa shape index (κ1) is 13.0. The number of imidazole rings is 1. The summed E-state index contributed by atoms with van der Waals surface area (Å²) >= 11 is -1.62. The van der Waals surface area contributed by atoms with Gasteiger partial charge in [-0.1, -0.05) is 0 Å². The molecule has 25 heavy (non-hydrogen) atoms. The number of nitrogens with zero attached hydrogens (tertiary/aromatic N) is 2. The van der Waals surface area contributed by atoms with Crippen molar-refractivity contribution >= 4 is 51.8 Å². The third-order valence-corrected chi connectivity index (χ3v) is 4.84. The molecule has 8 heteroatoms. The Morgan fingerprint density at radius 1 is 1.28 bits per heavy atom. The van der Waals surface area contributed by atoms with Gasteiger partial charge < -0.3 is 14.0 Å². The van der Waals surface area contributed by atoms with E-state index in [0.717, 1.165) is 0 Å². The SMILES string of the molecule is [2H]C([2H])([2H])Oc1ccc2[nH]c([S@@+]([O-])Cc3ncc(C)c(OC([2H])([2H])[2H])c3C)nc2c1.[NaH]. The quantitative estimate of drug-likeness (QED) is 0.546. The molecule has 128 valence electrons. The molecular weight excluding hydrogens is 349 g/mol. The number of hydrogen-bond donors (Lipinski definition) is 1. The number of ether oxygens (including phenoxy) is 2. The van der Waals surface area contributed by atoms with E-state index in [9.17, 15) is 4.55 Å². The Labute approximate surface area is 180 Å². The molecule has 0 spiro atoms. The van der Waals surface area contributed by atoms with Gasteiger partial charge in [0.25, 0.3) is 0 Å². The molecule has 3 rings (SSSR count). The van der Waals surface area contributed by atoms with Crippen LogP contribution in [0.15, 0.2) is 29.6 Å². The molecule has 0 aliphatic rings. The van der Waals surface area contributed by atoms with Crippen LogP contribution < -0.4 is 9.47 Å². The predicted octanol–water partition coefficient (Wildman–Crippen LogP) is 2.25. The van der Waals surface area contributed by atoms with Crippen LogP contribution in [0, 0.1) is 13.8 Å². The molecule has 0 bridgehead atoms. The molecule has 0 radical (unpaired) electrons. The Bertz CT molecular complexity index is 1070. The van der Waals surface area contributed by atoms with Crippen molar-refractivity contribution in [1.29, 1.82) is 0 Å². The molecule has 6 nitrogen and oxygen atoms in total. The number of hydrogen-bond acceptors (Lipinski definition) is 5. The van der Waals surface area contributed by atoms with E-state index in [1.165, 1.54) is 18.3 Å². The molecule has 0 saturated heterocycles. The van der Waals surface area contributed by atoms with Crippen LogP contribution in [0.2, 0.25) is 0 Å². The molecule has 0 fully saturated rings. The molecule has 0 aliphatic heterocycles. The van der Waals surface area contributed by atoms with Gasteiger partial charge in [0, 0.05) is 34.6 Å². The van der Waals surface area contributed by atoms with Gasteiger partial charge in [-0.05, 0) is 26.0 Å². The summed E-state index contributed by atoms with van der Waals surface area (Å²) in [5.74, 6) is 0.295. The van der Waals surface area contributed by atoms with Gasteiger partial charge in [-0.3, -0.25) is 9.97 Å². The van der Waals surface area contributed by atoms with Crippen molar-refractivity contribution in [3.63, 3.8) is 0 Å². The maximum absolute atomic E-state index is 12.8. The number of H-pyrrole nitrogens is 1. The van der Waals surface area contributed by atoms with E-state index in [4.69, 9.17) is 17.7 Å². The van der Waals surface area contributed by atoms with Gasteiger partial charge in [-0.15, -0.1) is 0 Å². The zero-order valence-electron chi connectivity index (χ0n) is 19.0. The van der Waals surface area contributed by atoms with Crippen molar-refractivity contribution in [2.75, 3.05) is 14.1 Å². The minimum absolute atomic E-state index is 0. The van der Waals surface area contributed by atoms with Crippen LogP contribution in [0.1, 0.15) is 25.0 Å². The van der Waals surface area contributed by atoms with Crippen molar-refractivity contribution in [2.24, 2.45) is 0 Å². The van der Waals surface area contributed by atoms with Crippen molar-refractivity contribution < 1.29 is 22.3 Å². The summed E-state index contributed by atoms with van der Waals surface area (Å²) in [6.45, 7) is 3.34. The summed E-state index contributed by atoms with van der Waals surface area (Å²) < 4.78 is 66.2. The van der Waals surface area contributed by atoms with Crippen LogP contribution in [-0.2, 0) is 16.9 Å². The molecule has 3 aromatic rings. The van der Waals surface area contributed by atoms with E-state index in [-0.39, 0.29) is 52.0 Å². The first-order valence-electron chi connectivity index (χ1n) is 10.0. The summed E-state index contributed by atoms with van der Waals surface area (Å²) in [5, 5.41) is 0.177. The zero-order valence-corrected chi connectivity index (χ0v) is 13.9. The molecule has 1 aromatic carbocycles. The second kappa shape index (κ2) is 8.42. The summed E-state index contributed by atoms with van der Waals surface area (Å²) in [7, 11) is -5.20. The van der Waals surface area contributed by atoms with Crippen molar-refractivity contribution in [2.45, 2.75) is 24.8 Å². The van der Waals surface area contributed by atoms with Gasteiger partial charge in [-0.25, -0.2) is 0 Å². The molecule has 0 unspecified atom stereocenters. The normalized spacial score (nSPS) is 16.4. The number of benzene rings is 1. The van der Waals surface area contributed by atoms with E-state index >= 15 is 0 Å². The maximum atomic E-state index is 12.8. The first-order chi connectivity index (χ1) is 13.8. The van der Waals surface area contributed by atoms with Gasteiger partial charge in [-0.2, -0.15) is 4.98 Å². The number of rotatable bonds is 5. The van der Waals surface area contributed by atoms with Crippen LogP contribution >= 0.6 is 0 Å². The number of pyridine rings is 1. The number of fused-ring (bicyclic) bond motifs is 1. The molecule has 0 aliphatic carbocycles. The third kappa shape index (κ3) is 4.12. The zero-order chi connectivity index (χ0) is 22.3. The summed E-state index contributed by atoms with van der Waals surface area (Å²) in [5.41, 5.74) is 2.44. The predicted molar refractivity (Wildman–Crippen MR) is 100 cm³/mol. The standard InChI is InChI=1S/C17H19N3O3S.Na.H/c1-10-8-18-15(11(2)16(10)23-4)9-24(21)17-19-13-6-5-12(22-3)7-14(13)20-17;;/h5-8H,9H2,1-4H3,(H,19,20);;/t24-;;/m0../s1/i3D3,4D3;;. The van der Waals surface area contributed by atoms with Crippen LogP contribution in [0.25, 0.3) is 11.0 Å².